The van der Waals surface area contributed by atoms with E-state index < -0.39 is 0 Å². The average Bonchev–Trinajstić information content (AvgIpc) is 3.11. The minimum atomic E-state index is -0.0607. The summed E-state index contributed by atoms with van der Waals surface area (Å²) in [5.74, 6) is 0.989. The van der Waals surface area contributed by atoms with Gasteiger partial charge in [-0.3, -0.25) is 9.89 Å². The number of fused-ring (bicyclic) bond motifs is 2. The van der Waals surface area contributed by atoms with Crippen molar-refractivity contribution >= 4 is 16.9 Å². The number of aryl methyl sites for hydroxylation is 3. The molecule has 2 heterocycles. The lowest BCUT2D eigenvalue weighted by atomic mass is 10.1. The molecular weight excluding hydrogens is 326 g/mol. The predicted molar refractivity (Wildman–Crippen MR) is 101 cm³/mol. The molecule has 0 aliphatic heterocycles. The summed E-state index contributed by atoms with van der Waals surface area (Å²) in [6, 6.07) is 8.15. The number of hydrogen-bond acceptors (Lipinski definition) is 3. The number of nitrogens with zero attached hydrogens (tertiary/aromatic N) is 3. The van der Waals surface area contributed by atoms with Crippen LogP contribution in [0.3, 0.4) is 0 Å². The van der Waals surface area contributed by atoms with Gasteiger partial charge in [0.05, 0.1) is 11.0 Å². The number of para-hydroxylation sites is 2. The van der Waals surface area contributed by atoms with Gasteiger partial charge in [-0.2, -0.15) is 5.10 Å². The van der Waals surface area contributed by atoms with Gasteiger partial charge in [0.25, 0.3) is 5.91 Å². The van der Waals surface area contributed by atoms with Crippen LogP contribution in [0.1, 0.15) is 53.3 Å². The summed E-state index contributed by atoms with van der Waals surface area (Å²) in [6.45, 7) is 0.629. The van der Waals surface area contributed by atoms with E-state index in [-0.39, 0.29) is 5.91 Å². The summed E-state index contributed by atoms with van der Waals surface area (Å²) in [5, 5.41) is 10.3. The first-order valence-corrected chi connectivity index (χ1v) is 9.48. The van der Waals surface area contributed by atoms with Gasteiger partial charge in [-0.25, -0.2) is 4.98 Å². The van der Waals surface area contributed by atoms with Crippen LogP contribution in [-0.4, -0.2) is 32.2 Å². The fourth-order valence-corrected chi connectivity index (χ4v) is 3.80. The van der Waals surface area contributed by atoms with Gasteiger partial charge in [0, 0.05) is 31.3 Å². The Morgan fingerprint density at radius 1 is 1.23 bits per heavy atom. The molecule has 6 heteroatoms. The van der Waals surface area contributed by atoms with Crippen LogP contribution in [0.4, 0.5) is 0 Å². The highest BCUT2D eigenvalue weighted by molar-refractivity contribution is 5.94. The number of rotatable bonds is 5. The van der Waals surface area contributed by atoms with Gasteiger partial charge >= 0.3 is 0 Å². The molecule has 6 nitrogen and oxygen atoms in total. The molecule has 136 valence electrons. The second-order valence-corrected chi connectivity index (χ2v) is 7.03. The minimum absolute atomic E-state index is 0.0607. The lowest BCUT2D eigenvalue weighted by molar-refractivity contribution is 0.0947. The number of nitrogens with one attached hydrogen (secondary N) is 2. The number of aromatic amines is 1. The number of hydrogen-bond donors (Lipinski definition) is 2. The zero-order chi connectivity index (χ0) is 17.9. The maximum Gasteiger partial charge on any atom is 0.272 e. The molecule has 3 aromatic rings. The second kappa shape index (κ2) is 7.32. The molecule has 0 fully saturated rings. The molecule has 1 aliphatic rings. The lowest BCUT2D eigenvalue weighted by Crippen LogP contribution is -2.26. The van der Waals surface area contributed by atoms with E-state index >= 15 is 0 Å². The molecule has 2 N–H and O–H groups in total. The van der Waals surface area contributed by atoms with Gasteiger partial charge in [0.15, 0.2) is 5.69 Å². The standard InChI is InChI=1S/C20H25N5O/c1-25-17-11-6-5-10-16(17)22-18(25)12-7-13-21-20(26)19-14-8-3-2-4-9-15(14)23-24-19/h5-6,10-11H,2-4,7-9,12-13H2,1H3,(H,21,26)(H,23,24). The first-order valence-electron chi connectivity index (χ1n) is 9.48. The molecule has 0 radical (unpaired) electrons. The van der Waals surface area contributed by atoms with Crippen LogP contribution in [0, 0.1) is 0 Å². The van der Waals surface area contributed by atoms with Gasteiger partial charge < -0.3 is 9.88 Å². The maximum atomic E-state index is 12.5. The Hall–Kier alpha value is -2.63. The quantitative estimate of drug-likeness (QED) is 0.548. The van der Waals surface area contributed by atoms with Crippen molar-refractivity contribution in [2.75, 3.05) is 6.54 Å². The van der Waals surface area contributed by atoms with E-state index in [1.807, 2.05) is 25.2 Å². The molecule has 0 saturated carbocycles. The Morgan fingerprint density at radius 3 is 2.96 bits per heavy atom. The Balaban J connectivity index is 1.34. The van der Waals surface area contributed by atoms with Crippen molar-refractivity contribution in [2.24, 2.45) is 7.05 Å². The van der Waals surface area contributed by atoms with Crippen molar-refractivity contribution in [1.82, 2.24) is 25.1 Å². The summed E-state index contributed by atoms with van der Waals surface area (Å²) in [4.78, 5) is 17.2. The molecule has 2 aromatic heterocycles. The first-order chi connectivity index (χ1) is 12.7. The van der Waals surface area contributed by atoms with E-state index in [1.54, 1.807) is 0 Å². The lowest BCUT2D eigenvalue weighted by Gasteiger charge is -2.06. The summed E-state index contributed by atoms with van der Waals surface area (Å²) >= 11 is 0. The molecule has 26 heavy (non-hydrogen) atoms. The van der Waals surface area contributed by atoms with E-state index in [0.29, 0.717) is 12.2 Å². The summed E-state index contributed by atoms with van der Waals surface area (Å²) < 4.78 is 2.13. The van der Waals surface area contributed by atoms with Crippen LogP contribution in [0.25, 0.3) is 11.0 Å². The fourth-order valence-electron chi connectivity index (χ4n) is 3.80. The van der Waals surface area contributed by atoms with Crippen molar-refractivity contribution < 1.29 is 4.79 Å². The van der Waals surface area contributed by atoms with E-state index in [2.05, 4.69) is 31.1 Å². The number of imidazole rings is 1. The summed E-state index contributed by atoms with van der Waals surface area (Å²) in [6.07, 6.45) is 7.19. The zero-order valence-corrected chi connectivity index (χ0v) is 15.2. The largest absolute Gasteiger partial charge is 0.351 e. The zero-order valence-electron chi connectivity index (χ0n) is 15.2. The Labute approximate surface area is 153 Å². The Morgan fingerprint density at radius 2 is 2.08 bits per heavy atom. The monoisotopic (exact) mass is 351 g/mol. The molecule has 0 unspecified atom stereocenters. The molecule has 1 amide bonds. The first kappa shape index (κ1) is 16.8. The van der Waals surface area contributed by atoms with Gasteiger partial charge in [0.2, 0.25) is 0 Å². The highest BCUT2D eigenvalue weighted by Gasteiger charge is 2.20. The fraction of sp³-hybridized carbons (Fsp3) is 0.450. The predicted octanol–water partition coefficient (Wildman–Crippen LogP) is 2.93. The molecule has 0 bridgehead atoms. The van der Waals surface area contributed by atoms with Crippen LogP contribution >= 0.6 is 0 Å². The Kier molecular flexibility index (Phi) is 4.73. The smallest absolute Gasteiger partial charge is 0.272 e. The molecule has 4 rings (SSSR count). The van der Waals surface area contributed by atoms with Crippen LogP contribution in [0.5, 0.6) is 0 Å². The maximum absolute atomic E-state index is 12.5. The normalized spacial score (nSPS) is 14.2. The highest BCUT2D eigenvalue weighted by atomic mass is 16.1. The van der Waals surface area contributed by atoms with Gasteiger partial charge in [-0.1, -0.05) is 18.6 Å². The number of carbonyl (C=O) groups excluding carboxylic acids is 1. The third kappa shape index (κ3) is 3.23. The highest BCUT2D eigenvalue weighted by Crippen LogP contribution is 2.21. The molecule has 1 aliphatic carbocycles. The molecular formula is C20H25N5O. The third-order valence-electron chi connectivity index (χ3n) is 5.26. The summed E-state index contributed by atoms with van der Waals surface area (Å²) in [7, 11) is 2.04. The van der Waals surface area contributed by atoms with Crippen molar-refractivity contribution in [3.8, 4) is 0 Å². The van der Waals surface area contributed by atoms with Crippen LogP contribution < -0.4 is 5.32 Å². The number of amides is 1. The SMILES string of the molecule is Cn1c(CCCNC(=O)c2n[nH]c3c2CCCCC3)nc2ccccc21. The van der Waals surface area contributed by atoms with Gasteiger partial charge in [0.1, 0.15) is 5.82 Å². The van der Waals surface area contributed by atoms with Crippen LogP contribution in [-0.2, 0) is 26.3 Å². The molecule has 1 aromatic carbocycles. The topological polar surface area (TPSA) is 75.6 Å². The van der Waals surface area contributed by atoms with Gasteiger partial charge in [-0.15, -0.1) is 0 Å². The van der Waals surface area contributed by atoms with Crippen LogP contribution in [0.2, 0.25) is 0 Å². The van der Waals surface area contributed by atoms with Crippen molar-refractivity contribution in [3.05, 3.63) is 47.0 Å². The number of H-pyrrole nitrogens is 1. The minimum Gasteiger partial charge on any atom is -0.351 e. The van der Waals surface area contributed by atoms with Crippen LogP contribution in [0.15, 0.2) is 24.3 Å². The number of aromatic nitrogens is 4. The Bertz CT molecular complexity index is 924. The second-order valence-electron chi connectivity index (χ2n) is 7.03. The molecule has 0 atom stereocenters. The third-order valence-corrected chi connectivity index (χ3v) is 5.26. The molecule has 0 spiro atoms. The number of carbonyl (C=O) groups is 1. The van der Waals surface area contributed by atoms with E-state index in [0.717, 1.165) is 60.2 Å². The average molecular weight is 351 g/mol. The van der Waals surface area contributed by atoms with Crippen molar-refractivity contribution in [1.29, 1.82) is 0 Å². The van der Waals surface area contributed by atoms with E-state index in [4.69, 9.17) is 0 Å². The van der Waals surface area contributed by atoms with Crippen molar-refractivity contribution in [2.45, 2.75) is 44.9 Å². The van der Waals surface area contributed by atoms with E-state index in [9.17, 15) is 4.79 Å². The number of benzene rings is 1. The van der Waals surface area contributed by atoms with E-state index in [1.165, 1.54) is 12.8 Å². The summed E-state index contributed by atoms with van der Waals surface area (Å²) in [5.41, 5.74) is 5.02. The van der Waals surface area contributed by atoms with Gasteiger partial charge in [-0.05, 0) is 44.2 Å². The molecule has 0 saturated heterocycles. The van der Waals surface area contributed by atoms with Crippen molar-refractivity contribution in [3.63, 3.8) is 0 Å².